The van der Waals surface area contributed by atoms with E-state index in [-0.39, 0.29) is 11.9 Å². The van der Waals surface area contributed by atoms with Crippen molar-refractivity contribution < 1.29 is 4.79 Å². The summed E-state index contributed by atoms with van der Waals surface area (Å²) in [6.07, 6.45) is 9.16. The van der Waals surface area contributed by atoms with Gasteiger partial charge in [0.15, 0.2) is 0 Å². The fraction of sp³-hybridized carbons (Fsp3) is 0.348. The van der Waals surface area contributed by atoms with Gasteiger partial charge in [-0.2, -0.15) is 5.10 Å². The number of pyridine rings is 1. The second-order valence-electron chi connectivity index (χ2n) is 7.76. The van der Waals surface area contributed by atoms with E-state index in [2.05, 4.69) is 23.2 Å². The molecule has 1 aromatic carbocycles. The molecule has 0 aliphatic heterocycles. The van der Waals surface area contributed by atoms with Gasteiger partial charge in [-0.15, -0.1) is 0 Å². The first-order valence-electron chi connectivity index (χ1n) is 9.90. The third kappa shape index (κ3) is 4.30. The van der Waals surface area contributed by atoms with Gasteiger partial charge in [0.05, 0.1) is 6.20 Å². The van der Waals surface area contributed by atoms with Crippen LogP contribution in [0.1, 0.15) is 35.8 Å². The van der Waals surface area contributed by atoms with Gasteiger partial charge in [0.2, 0.25) is 0 Å². The lowest BCUT2D eigenvalue weighted by molar-refractivity contribution is 0.0743. The summed E-state index contributed by atoms with van der Waals surface area (Å²) in [6, 6.07) is 13.8. The summed E-state index contributed by atoms with van der Waals surface area (Å²) >= 11 is 0. The highest BCUT2D eigenvalue weighted by atomic mass is 16.2. The standard InChI is InChI=1S/C23H26N4O/c1-17(13-22-5-3-4-12-24-22)26(2)23(28)20-10-8-19(9-11-20)21-14-25-27(16-21)15-18-6-7-18/h3-5,8-12,14,16-18H,6-7,13,15H2,1-2H3. The Morgan fingerprint density at radius 3 is 2.64 bits per heavy atom. The molecule has 1 atom stereocenters. The number of amides is 1. The van der Waals surface area contributed by atoms with Gasteiger partial charge in [0, 0.05) is 55.3 Å². The first kappa shape index (κ1) is 18.4. The Kier molecular flexibility index (Phi) is 5.24. The van der Waals surface area contributed by atoms with E-state index < -0.39 is 0 Å². The average Bonchev–Trinajstić information content (AvgIpc) is 3.42. The third-order valence-corrected chi connectivity index (χ3v) is 5.45. The Morgan fingerprint density at radius 1 is 1.18 bits per heavy atom. The molecule has 0 bridgehead atoms. The van der Waals surface area contributed by atoms with E-state index in [0.29, 0.717) is 5.56 Å². The van der Waals surface area contributed by atoms with Crippen LogP contribution in [0.5, 0.6) is 0 Å². The molecule has 1 aliphatic carbocycles. The second-order valence-corrected chi connectivity index (χ2v) is 7.76. The molecule has 5 nitrogen and oxygen atoms in total. The van der Waals surface area contributed by atoms with Crippen molar-refractivity contribution in [2.75, 3.05) is 7.05 Å². The van der Waals surface area contributed by atoms with Crippen LogP contribution in [-0.4, -0.2) is 38.7 Å². The number of hydrogen-bond acceptors (Lipinski definition) is 3. The van der Waals surface area contributed by atoms with Crippen LogP contribution in [0.2, 0.25) is 0 Å². The van der Waals surface area contributed by atoms with E-state index in [4.69, 9.17) is 0 Å². The van der Waals surface area contributed by atoms with Crippen LogP contribution >= 0.6 is 0 Å². The maximum atomic E-state index is 12.8. The zero-order valence-electron chi connectivity index (χ0n) is 16.5. The molecule has 1 saturated carbocycles. The lowest BCUT2D eigenvalue weighted by Crippen LogP contribution is -2.36. The summed E-state index contributed by atoms with van der Waals surface area (Å²) in [5, 5.41) is 4.46. The first-order valence-corrected chi connectivity index (χ1v) is 9.90. The van der Waals surface area contributed by atoms with Gasteiger partial charge in [-0.25, -0.2) is 0 Å². The first-order chi connectivity index (χ1) is 13.6. The van der Waals surface area contributed by atoms with E-state index in [1.54, 1.807) is 11.1 Å². The minimum Gasteiger partial charge on any atom is -0.339 e. The molecule has 1 unspecified atom stereocenters. The van der Waals surface area contributed by atoms with Crippen LogP contribution in [0, 0.1) is 5.92 Å². The lowest BCUT2D eigenvalue weighted by atomic mass is 10.1. The number of carbonyl (C=O) groups excluding carboxylic acids is 1. The van der Waals surface area contributed by atoms with Crippen molar-refractivity contribution in [2.24, 2.45) is 5.92 Å². The highest BCUT2D eigenvalue weighted by Crippen LogP contribution is 2.31. The van der Waals surface area contributed by atoms with Gasteiger partial charge < -0.3 is 4.90 Å². The molecule has 0 saturated heterocycles. The number of likely N-dealkylation sites (N-methyl/N-ethyl adjacent to an activating group) is 1. The van der Waals surface area contributed by atoms with Crippen molar-refractivity contribution in [2.45, 2.75) is 38.8 Å². The van der Waals surface area contributed by atoms with Gasteiger partial charge >= 0.3 is 0 Å². The van der Waals surface area contributed by atoms with Crippen molar-refractivity contribution in [1.29, 1.82) is 0 Å². The van der Waals surface area contributed by atoms with Crippen molar-refractivity contribution in [3.8, 4) is 11.1 Å². The van der Waals surface area contributed by atoms with Crippen molar-refractivity contribution >= 4 is 5.91 Å². The molecule has 1 aliphatic rings. The molecule has 0 radical (unpaired) electrons. The Labute approximate surface area is 166 Å². The maximum absolute atomic E-state index is 12.8. The van der Waals surface area contributed by atoms with E-state index >= 15 is 0 Å². The highest BCUT2D eigenvalue weighted by Gasteiger charge is 2.22. The van der Waals surface area contributed by atoms with E-state index in [1.165, 1.54) is 12.8 Å². The second kappa shape index (κ2) is 7.97. The van der Waals surface area contributed by atoms with Gasteiger partial charge in [0.1, 0.15) is 0 Å². The number of aromatic nitrogens is 3. The number of hydrogen-bond donors (Lipinski definition) is 0. The number of nitrogens with zero attached hydrogens (tertiary/aromatic N) is 4. The van der Waals surface area contributed by atoms with Crippen LogP contribution < -0.4 is 0 Å². The molecule has 5 heteroatoms. The van der Waals surface area contributed by atoms with E-state index in [9.17, 15) is 4.79 Å². The molecule has 144 valence electrons. The largest absolute Gasteiger partial charge is 0.339 e. The molecule has 0 spiro atoms. The van der Waals surface area contributed by atoms with E-state index in [0.717, 1.165) is 35.7 Å². The maximum Gasteiger partial charge on any atom is 0.253 e. The number of rotatable bonds is 7. The summed E-state index contributed by atoms with van der Waals surface area (Å²) in [5.74, 6) is 0.829. The predicted molar refractivity (Wildman–Crippen MR) is 110 cm³/mol. The molecule has 4 rings (SSSR count). The zero-order valence-corrected chi connectivity index (χ0v) is 16.5. The fourth-order valence-electron chi connectivity index (χ4n) is 3.34. The molecular weight excluding hydrogens is 348 g/mol. The van der Waals surface area contributed by atoms with Crippen LogP contribution in [-0.2, 0) is 13.0 Å². The molecule has 1 fully saturated rings. The fourth-order valence-corrected chi connectivity index (χ4v) is 3.34. The summed E-state index contributed by atoms with van der Waals surface area (Å²) in [6.45, 7) is 3.06. The summed E-state index contributed by atoms with van der Waals surface area (Å²) < 4.78 is 2.03. The molecule has 1 amide bonds. The van der Waals surface area contributed by atoms with Crippen LogP contribution in [0.25, 0.3) is 11.1 Å². The molecular formula is C23H26N4O. The summed E-state index contributed by atoms with van der Waals surface area (Å²) in [7, 11) is 1.85. The Hall–Kier alpha value is -2.95. The van der Waals surface area contributed by atoms with Gasteiger partial charge in [-0.1, -0.05) is 18.2 Å². The summed E-state index contributed by atoms with van der Waals surface area (Å²) in [5.41, 5.74) is 3.87. The van der Waals surface area contributed by atoms with Crippen molar-refractivity contribution in [1.82, 2.24) is 19.7 Å². The van der Waals surface area contributed by atoms with E-state index in [1.807, 2.05) is 60.4 Å². The lowest BCUT2D eigenvalue weighted by Gasteiger charge is -2.25. The zero-order chi connectivity index (χ0) is 19.5. The Morgan fingerprint density at radius 2 is 1.96 bits per heavy atom. The molecule has 28 heavy (non-hydrogen) atoms. The predicted octanol–water partition coefficient (Wildman–Crippen LogP) is 4.06. The number of carbonyl (C=O) groups is 1. The SMILES string of the molecule is CC(Cc1ccccn1)N(C)C(=O)c1ccc(-c2cnn(CC3CC3)c2)cc1. The van der Waals surface area contributed by atoms with Gasteiger partial charge in [0.25, 0.3) is 5.91 Å². The average molecular weight is 374 g/mol. The quantitative estimate of drug-likeness (QED) is 0.627. The highest BCUT2D eigenvalue weighted by molar-refractivity contribution is 5.94. The topological polar surface area (TPSA) is 51.0 Å². The normalized spacial score (nSPS) is 14.6. The minimum atomic E-state index is 0.0272. The monoisotopic (exact) mass is 374 g/mol. The smallest absolute Gasteiger partial charge is 0.253 e. The van der Waals surface area contributed by atoms with Gasteiger partial charge in [-0.05, 0) is 55.5 Å². The van der Waals surface area contributed by atoms with Crippen LogP contribution in [0.4, 0.5) is 0 Å². The molecule has 0 N–H and O–H groups in total. The minimum absolute atomic E-state index is 0.0272. The van der Waals surface area contributed by atoms with Crippen molar-refractivity contribution in [3.63, 3.8) is 0 Å². The van der Waals surface area contributed by atoms with Gasteiger partial charge in [-0.3, -0.25) is 14.5 Å². The van der Waals surface area contributed by atoms with Crippen LogP contribution in [0.3, 0.4) is 0 Å². The Bertz CT molecular complexity index is 929. The van der Waals surface area contributed by atoms with Crippen molar-refractivity contribution in [3.05, 3.63) is 72.3 Å². The summed E-state index contributed by atoms with van der Waals surface area (Å²) in [4.78, 5) is 19.0. The number of benzene rings is 1. The molecule has 2 heterocycles. The Balaban J connectivity index is 1.40. The molecule has 2 aromatic heterocycles. The van der Waals surface area contributed by atoms with Crippen LogP contribution in [0.15, 0.2) is 61.1 Å². The third-order valence-electron chi connectivity index (χ3n) is 5.45. The molecule has 3 aromatic rings.